The molecule has 33 heavy (non-hydrogen) atoms. The second-order valence-electron chi connectivity index (χ2n) is 7.17. The number of aromatic nitrogens is 1. The van der Waals surface area contributed by atoms with Crippen LogP contribution in [-0.2, 0) is 9.59 Å². The monoisotopic (exact) mass is 484 g/mol. The molecule has 9 heteroatoms. The van der Waals surface area contributed by atoms with E-state index in [2.05, 4.69) is 4.98 Å². The molecule has 1 aliphatic rings. The van der Waals surface area contributed by atoms with E-state index in [9.17, 15) is 19.8 Å². The van der Waals surface area contributed by atoms with Crippen molar-refractivity contribution in [3.05, 3.63) is 87.7 Å². The molecule has 168 valence electrons. The van der Waals surface area contributed by atoms with Gasteiger partial charge in [-0.15, -0.1) is 0 Å². The molecule has 2 N–H and O–H groups in total. The predicted molar refractivity (Wildman–Crippen MR) is 125 cm³/mol. The number of aliphatic hydroxyl groups excluding tert-OH is 1. The number of halogens is 2. The molecular weight excluding hydrogens is 467 g/mol. The van der Waals surface area contributed by atoms with Crippen LogP contribution in [0, 0.1) is 0 Å². The summed E-state index contributed by atoms with van der Waals surface area (Å²) in [5.41, 5.74) is 0.558. The van der Waals surface area contributed by atoms with E-state index in [4.69, 9.17) is 27.9 Å². The van der Waals surface area contributed by atoms with E-state index in [0.717, 1.165) is 4.90 Å². The molecule has 3 aromatic rings. The Morgan fingerprint density at radius 3 is 2.64 bits per heavy atom. The lowest BCUT2D eigenvalue weighted by Crippen LogP contribution is -2.29. The fourth-order valence-corrected chi connectivity index (χ4v) is 4.03. The first-order chi connectivity index (χ1) is 15.8. The summed E-state index contributed by atoms with van der Waals surface area (Å²) >= 11 is 12.2. The Hall–Kier alpha value is -3.55. The first kappa shape index (κ1) is 22.6. The van der Waals surface area contributed by atoms with Gasteiger partial charge in [-0.3, -0.25) is 19.5 Å². The Balaban J connectivity index is 1.95. The number of amides is 1. The number of benzene rings is 2. The van der Waals surface area contributed by atoms with Crippen molar-refractivity contribution < 1.29 is 24.5 Å². The van der Waals surface area contributed by atoms with Crippen molar-refractivity contribution in [3.8, 4) is 11.5 Å². The van der Waals surface area contributed by atoms with Gasteiger partial charge in [0.1, 0.15) is 17.3 Å². The lowest BCUT2D eigenvalue weighted by Gasteiger charge is -2.26. The first-order valence-electron chi connectivity index (χ1n) is 9.95. The zero-order valence-corrected chi connectivity index (χ0v) is 18.8. The van der Waals surface area contributed by atoms with Crippen LogP contribution in [0.4, 0.5) is 5.69 Å². The average molecular weight is 485 g/mol. The molecule has 1 aliphatic heterocycles. The van der Waals surface area contributed by atoms with Crippen LogP contribution in [0.5, 0.6) is 11.5 Å². The average Bonchev–Trinajstić information content (AvgIpc) is 3.07. The summed E-state index contributed by atoms with van der Waals surface area (Å²) in [5.74, 6) is -2.19. The number of carbonyl (C=O) groups excluding carboxylic acids is 2. The minimum atomic E-state index is -1.06. The highest BCUT2D eigenvalue weighted by molar-refractivity contribution is 6.52. The molecular formula is C24H18Cl2N2O5. The van der Waals surface area contributed by atoms with Crippen LogP contribution < -0.4 is 9.64 Å². The number of nitrogens with zero attached hydrogens (tertiary/aromatic N) is 2. The third-order valence-electron chi connectivity index (χ3n) is 5.15. The molecule has 0 spiro atoms. The summed E-state index contributed by atoms with van der Waals surface area (Å²) in [6.07, 6.45) is 3.02. The molecule has 0 bridgehead atoms. The van der Waals surface area contributed by atoms with Gasteiger partial charge in [0.15, 0.2) is 0 Å². The molecule has 7 nitrogen and oxygen atoms in total. The van der Waals surface area contributed by atoms with E-state index in [1.165, 1.54) is 42.6 Å². The number of ether oxygens (including phenoxy) is 1. The smallest absolute Gasteiger partial charge is 0.300 e. The van der Waals surface area contributed by atoms with E-state index < -0.39 is 23.5 Å². The van der Waals surface area contributed by atoms with Crippen LogP contribution in [0.1, 0.15) is 24.1 Å². The number of rotatable bonds is 5. The highest BCUT2D eigenvalue weighted by atomic mass is 35.5. The number of hydrogen-bond acceptors (Lipinski definition) is 6. The highest BCUT2D eigenvalue weighted by Crippen LogP contribution is 2.45. The van der Waals surface area contributed by atoms with Crippen molar-refractivity contribution in [1.82, 2.24) is 4.98 Å². The van der Waals surface area contributed by atoms with Gasteiger partial charge in [0.05, 0.1) is 28.9 Å². The second kappa shape index (κ2) is 9.13. The Morgan fingerprint density at radius 1 is 1.15 bits per heavy atom. The van der Waals surface area contributed by atoms with Gasteiger partial charge in [-0.05, 0) is 55.0 Å². The molecule has 2 heterocycles. The lowest BCUT2D eigenvalue weighted by molar-refractivity contribution is -0.132. The van der Waals surface area contributed by atoms with Gasteiger partial charge in [0.25, 0.3) is 11.7 Å². The maximum absolute atomic E-state index is 13.2. The quantitative estimate of drug-likeness (QED) is 0.296. The molecule has 4 rings (SSSR count). The van der Waals surface area contributed by atoms with Gasteiger partial charge in [0.2, 0.25) is 0 Å². The third kappa shape index (κ3) is 4.13. The number of phenols is 1. The van der Waals surface area contributed by atoms with Gasteiger partial charge in [-0.2, -0.15) is 0 Å². The summed E-state index contributed by atoms with van der Waals surface area (Å²) < 4.78 is 5.48. The lowest BCUT2D eigenvalue weighted by atomic mass is 9.96. The number of phenolic OH excluding ortho intramolecular Hbond substituents is 1. The SMILES string of the molecule is CCOc1cc(/C(O)=C2\C(=O)C(=O)N(c3cc(Cl)ccc3O)C2c2cccnc2)ccc1Cl. The normalized spacial score (nSPS) is 17.4. The number of ketones is 1. The van der Waals surface area contributed by atoms with E-state index in [-0.39, 0.29) is 27.6 Å². The van der Waals surface area contributed by atoms with Crippen LogP contribution in [0.2, 0.25) is 10.0 Å². The van der Waals surface area contributed by atoms with Crippen LogP contribution >= 0.6 is 23.2 Å². The maximum atomic E-state index is 13.2. The van der Waals surface area contributed by atoms with Crippen molar-refractivity contribution in [2.45, 2.75) is 13.0 Å². The van der Waals surface area contributed by atoms with Crippen molar-refractivity contribution in [1.29, 1.82) is 0 Å². The third-order valence-corrected chi connectivity index (χ3v) is 5.69. The fourth-order valence-electron chi connectivity index (χ4n) is 3.70. The molecule has 1 aromatic heterocycles. The molecule has 1 saturated heterocycles. The van der Waals surface area contributed by atoms with Gasteiger partial charge in [0, 0.05) is 23.0 Å². The zero-order valence-electron chi connectivity index (χ0n) is 17.3. The molecule has 2 aromatic carbocycles. The summed E-state index contributed by atoms with van der Waals surface area (Å²) in [6.45, 7) is 2.13. The highest BCUT2D eigenvalue weighted by Gasteiger charge is 2.48. The summed E-state index contributed by atoms with van der Waals surface area (Å²) in [5, 5.41) is 22.2. The van der Waals surface area contributed by atoms with Gasteiger partial charge in [-0.25, -0.2) is 0 Å². The van der Waals surface area contributed by atoms with Crippen molar-refractivity contribution in [3.63, 3.8) is 0 Å². The van der Waals surface area contributed by atoms with Gasteiger partial charge >= 0.3 is 0 Å². The number of aliphatic hydroxyl groups is 1. The Labute approximate surface area is 199 Å². The number of anilines is 1. The molecule has 1 amide bonds. The summed E-state index contributed by atoms with van der Waals surface area (Å²) in [4.78, 5) is 31.5. The second-order valence-corrected chi connectivity index (χ2v) is 8.01. The molecule has 1 unspecified atom stereocenters. The van der Waals surface area contributed by atoms with Gasteiger partial charge < -0.3 is 14.9 Å². The predicted octanol–water partition coefficient (Wildman–Crippen LogP) is 5.12. The topological polar surface area (TPSA) is 100.0 Å². The van der Waals surface area contributed by atoms with Crippen LogP contribution in [0.3, 0.4) is 0 Å². The van der Waals surface area contributed by atoms with Crippen LogP contribution in [0.25, 0.3) is 5.76 Å². The molecule has 1 fully saturated rings. The van der Waals surface area contributed by atoms with Crippen LogP contribution in [-0.4, -0.2) is 33.5 Å². The maximum Gasteiger partial charge on any atom is 0.300 e. The standard InChI is InChI=1S/C24H18Cl2N2O5/c1-2-33-19-10-13(5-7-16(19)26)22(30)20-21(14-4-3-9-27-12-14)28(24(32)23(20)31)17-11-15(25)6-8-18(17)29/h3-12,21,29-30H,2H2,1H3/b22-20+. The summed E-state index contributed by atoms with van der Waals surface area (Å²) in [6, 6.07) is 10.9. The molecule has 0 saturated carbocycles. The molecule has 1 atom stereocenters. The Bertz CT molecular complexity index is 1280. The first-order valence-corrected chi connectivity index (χ1v) is 10.7. The number of aromatic hydroxyl groups is 1. The Kier molecular flexibility index (Phi) is 6.26. The number of Topliss-reactive ketones (excluding diaryl/α,β-unsaturated/α-hetero) is 1. The summed E-state index contributed by atoms with van der Waals surface area (Å²) in [7, 11) is 0. The molecule has 0 aliphatic carbocycles. The van der Waals surface area contributed by atoms with Crippen molar-refractivity contribution in [2.24, 2.45) is 0 Å². The van der Waals surface area contributed by atoms with E-state index in [1.807, 2.05) is 0 Å². The largest absolute Gasteiger partial charge is 0.507 e. The minimum Gasteiger partial charge on any atom is -0.507 e. The Morgan fingerprint density at radius 2 is 1.94 bits per heavy atom. The fraction of sp³-hybridized carbons (Fsp3) is 0.125. The van der Waals surface area contributed by atoms with Gasteiger partial charge in [-0.1, -0.05) is 29.3 Å². The molecule has 0 radical (unpaired) electrons. The zero-order chi connectivity index (χ0) is 23.7. The van der Waals surface area contributed by atoms with Crippen LogP contribution in [0.15, 0.2) is 66.5 Å². The number of hydrogen-bond donors (Lipinski definition) is 2. The number of pyridine rings is 1. The number of carbonyl (C=O) groups is 2. The van der Waals surface area contributed by atoms with E-state index >= 15 is 0 Å². The van der Waals surface area contributed by atoms with E-state index in [0.29, 0.717) is 22.9 Å². The van der Waals surface area contributed by atoms with Crippen molar-refractivity contribution in [2.75, 3.05) is 11.5 Å². The van der Waals surface area contributed by atoms with E-state index in [1.54, 1.807) is 25.3 Å². The minimum absolute atomic E-state index is 0.0311. The van der Waals surface area contributed by atoms with Crippen molar-refractivity contribution >= 4 is 46.3 Å².